The van der Waals surface area contributed by atoms with Gasteiger partial charge in [-0.1, -0.05) is 42.0 Å². The largest absolute Gasteiger partial charge is 0.508 e. The first-order chi connectivity index (χ1) is 15.6. The van der Waals surface area contributed by atoms with E-state index in [4.69, 9.17) is 11.6 Å². The van der Waals surface area contributed by atoms with Crippen molar-refractivity contribution in [2.24, 2.45) is 0 Å². The van der Waals surface area contributed by atoms with Crippen molar-refractivity contribution in [1.29, 1.82) is 0 Å². The van der Waals surface area contributed by atoms with E-state index in [1.807, 2.05) is 6.92 Å². The third-order valence-corrected chi connectivity index (χ3v) is 5.95. The van der Waals surface area contributed by atoms with Gasteiger partial charge in [0.2, 0.25) is 0 Å². The number of phenolic OH excluding ortho intramolecular Hbond substituents is 1. The van der Waals surface area contributed by atoms with Crippen LogP contribution in [0.4, 0.5) is 0 Å². The quantitative estimate of drug-likeness (QED) is 0.360. The normalized spacial score (nSPS) is 12.7. The number of aliphatic carboxylic acids is 1. The van der Waals surface area contributed by atoms with Crippen LogP contribution in [-0.4, -0.2) is 32.2 Å². The number of nitrogens with one attached hydrogen (secondary N) is 1. The second-order valence-corrected chi connectivity index (χ2v) is 8.78. The summed E-state index contributed by atoms with van der Waals surface area (Å²) in [5, 5.41) is 32.6. The minimum absolute atomic E-state index is 0.0596. The molecule has 0 saturated carbocycles. The van der Waals surface area contributed by atoms with Crippen molar-refractivity contribution in [2.45, 2.75) is 20.0 Å². The lowest BCUT2D eigenvalue weighted by atomic mass is 10.0. The summed E-state index contributed by atoms with van der Waals surface area (Å²) in [5.41, 5.74) is 1.57. The zero-order chi connectivity index (χ0) is 24.1. The summed E-state index contributed by atoms with van der Waals surface area (Å²) in [7, 11) is 0. The molecule has 0 aliphatic heterocycles. The lowest BCUT2D eigenvalue weighted by molar-refractivity contribution is -0.132. The third-order valence-electron chi connectivity index (χ3n) is 4.61. The Bertz CT molecular complexity index is 1270. The minimum Gasteiger partial charge on any atom is -0.508 e. The Morgan fingerprint density at radius 3 is 2.55 bits per heavy atom. The molecule has 2 aromatic carbocycles. The van der Waals surface area contributed by atoms with E-state index in [9.17, 15) is 24.9 Å². The predicted molar refractivity (Wildman–Crippen MR) is 128 cm³/mol. The number of halogens is 1. The molecule has 1 atom stereocenters. The van der Waals surface area contributed by atoms with Crippen LogP contribution in [0, 0.1) is 13.8 Å². The number of carboxylic acid groups (broad SMARTS) is 1. The van der Waals surface area contributed by atoms with Crippen LogP contribution >= 0.6 is 22.9 Å². The van der Waals surface area contributed by atoms with Gasteiger partial charge < -0.3 is 20.6 Å². The SMILES string of the molecule is Cc1nc(C)c(C=C(NC(=O)c2ccc(C(O)C=Cc3cccc(O)c3)cc2Cl)C(=O)O)s1. The molecule has 0 bridgehead atoms. The van der Waals surface area contributed by atoms with Crippen molar-refractivity contribution in [3.8, 4) is 5.75 Å². The summed E-state index contributed by atoms with van der Waals surface area (Å²) in [4.78, 5) is 29.2. The monoisotopic (exact) mass is 484 g/mol. The van der Waals surface area contributed by atoms with Gasteiger partial charge in [0, 0.05) is 0 Å². The summed E-state index contributed by atoms with van der Waals surface area (Å²) in [6, 6.07) is 10.9. The molecule has 1 amide bonds. The first-order valence-electron chi connectivity index (χ1n) is 9.79. The van der Waals surface area contributed by atoms with E-state index in [1.54, 1.807) is 37.3 Å². The number of aliphatic hydroxyl groups excluding tert-OH is 1. The Hall–Kier alpha value is -3.46. The molecular weight excluding hydrogens is 464 g/mol. The standard InChI is InChI=1S/C24H21ClN2O5S/c1-13-22(33-14(2)26-13)12-20(24(31)32)27-23(30)18-8-7-16(11-19(18)25)21(29)9-6-15-4-3-5-17(28)10-15/h3-12,21,28-29H,1-2H3,(H,27,30)(H,31,32). The van der Waals surface area contributed by atoms with Gasteiger partial charge >= 0.3 is 5.97 Å². The molecule has 7 nitrogen and oxygen atoms in total. The number of aromatic nitrogens is 1. The summed E-state index contributed by atoms with van der Waals surface area (Å²) in [6.45, 7) is 3.56. The maximum atomic E-state index is 12.7. The number of hydrogen-bond donors (Lipinski definition) is 4. The highest BCUT2D eigenvalue weighted by molar-refractivity contribution is 7.12. The van der Waals surface area contributed by atoms with Crippen LogP contribution in [0.15, 0.2) is 54.2 Å². The molecule has 170 valence electrons. The lowest BCUT2D eigenvalue weighted by Gasteiger charge is -2.11. The van der Waals surface area contributed by atoms with Crippen LogP contribution < -0.4 is 5.32 Å². The predicted octanol–water partition coefficient (Wildman–Crippen LogP) is 4.72. The van der Waals surface area contributed by atoms with Crippen molar-refractivity contribution in [1.82, 2.24) is 10.3 Å². The number of carbonyl (C=O) groups is 2. The second kappa shape index (κ2) is 10.4. The highest BCUT2D eigenvalue weighted by atomic mass is 35.5. The summed E-state index contributed by atoms with van der Waals surface area (Å²) in [6.07, 6.45) is 3.52. The number of carboxylic acids is 1. The number of phenols is 1. The zero-order valence-corrected chi connectivity index (χ0v) is 19.3. The maximum Gasteiger partial charge on any atom is 0.352 e. The summed E-state index contributed by atoms with van der Waals surface area (Å²) in [5.74, 6) is -1.88. The van der Waals surface area contributed by atoms with Crippen molar-refractivity contribution >= 4 is 47.0 Å². The fourth-order valence-corrected chi connectivity index (χ4v) is 4.14. The van der Waals surface area contributed by atoms with Gasteiger partial charge in [0.15, 0.2) is 0 Å². The molecule has 3 rings (SSSR count). The van der Waals surface area contributed by atoms with Gasteiger partial charge in [-0.25, -0.2) is 9.78 Å². The number of nitrogens with zero attached hydrogens (tertiary/aromatic N) is 1. The highest BCUT2D eigenvalue weighted by Gasteiger charge is 2.18. The maximum absolute atomic E-state index is 12.7. The van der Waals surface area contributed by atoms with Gasteiger partial charge in [0.05, 0.1) is 32.3 Å². The molecule has 1 aromatic heterocycles. The van der Waals surface area contributed by atoms with Gasteiger partial charge in [-0.05, 0) is 55.3 Å². The van der Waals surface area contributed by atoms with E-state index in [0.29, 0.717) is 21.7 Å². The Balaban J connectivity index is 1.77. The van der Waals surface area contributed by atoms with Gasteiger partial charge in [-0.2, -0.15) is 0 Å². The molecule has 3 aromatic rings. The van der Waals surface area contributed by atoms with Crippen LogP contribution in [0.5, 0.6) is 5.75 Å². The number of aryl methyl sites for hydroxylation is 2. The van der Waals surface area contributed by atoms with E-state index in [-0.39, 0.29) is 22.0 Å². The van der Waals surface area contributed by atoms with E-state index in [1.165, 1.54) is 41.7 Å². The first kappa shape index (κ1) is 24.2. The van der Waals surface area contributed by atoms with Crippen LogP contribution in [0.3, 0.4) is 0 Å². The number of amides is 1. The number of aliphatic hydroxyl groups is 1. The molecule has 0 aliphatic carbocycles. The average Bonchev–Trinajstić information content (AvgIpc) is 3.07. The Morgan fingerprint density at radius 2 is 1.94 bits per heavy atom. The van der Waals surface area contributed by atoms with Crippen molar-refractivity contribution in [2.75, 3.05) is 0 Å². The smallest absolute Gasteiger partial charge is 0.352 e. The first-order valence-corrected chi connectivity index (χ1v) is 11.0. The fourth-order valence-electron chi connectivity index (χ4n) is 2.99. The number of carbonyl (C=O) groups excluding carboxylic acids is 1. The van der Waals surface area contributed by atoms with Crippen molar-refractivity contribution in [3.05, 3.63) is 91.5 Å². The Labute approximate surface area is 199 Å². The molecule has 0 radical (unpaired) electrons. The van der Waals surface area contributed by atoms with Crippen LogP contribution in [0.1, 0.15) is 43.2 Å². The molecular formula is C24H21ClN2O5S. The lowest BCUT2D eigenvalue weighted by Crippen LogP contribution is -2.27. The number of rotatable bonds is 7. The van der Waals surface area contributed by atoms with E-state index in [2.05, 4.69) is 10.3 Å². The highest BCUT2D eigenvalue weighted by Crippen LogP contribution is 2.25. The second-order valence-electron chi connectivity index (χ2n) is 7.14. The van der Waals surface area contributed by atoms with Gasteiger partial charge in [-0.3, -0.25) is 4.79 Å². The molecule has 4 N–H and O–H groups in total. The summed E-state index contributed by atoms with van der Waals surface area (Å²) >= 11 is 7.57. The molecule has 1 unspecified atom stereocenters. The van der Waals surface area contributed by atoms with Crippen LogP contribution in [0.2, 0.25) is 5.02 Å². The molecule has 0 spiro atoms. The van der Waals surface area contributed by atoms with E-state index >= 15 is 0 Å². The van der Waals surface area contributed by atoms with Gasteiger partial charge in [-0.15, -0.1) is 11.3 Å². The number of thiazole rings is 1. The van der Waals surface area contributed by atoms with E-state index in [0.717, 1.165) is 5.01 Å². The van der Waals surface area contributed by atoms with Gasteiger partial charge in [0.25, 0.3) is 5.91 Å². The third kappa shape index (κ3) is 6.29. The zero-order valence-electron chi connectivity index (χ0n) is 17.7. The molecule has 33 heavy (non-hydrogen) atoms. The number of aromatic hydroxyl groups is 1. The molecule has 0 saturated heterocycles. The number of benzene rings is 2. The molecule has 0 aliphatic rings. The van der Waals surface area contributed by atoms with Crippen molar-refractivity contribution < 1.29 is 24.9 Å². The Morgan fingerprint density at radius 1 is 1.18 bits per heavy atom. The Kier molecular flexibility index (Phi) is 7.65. The minimum atomic E-state index is -1.30. The van der Waals surface area contributed by atoms with Gasteiger partial charge in [0.1, 0.15) is 11.4 Å². The van der Waals surface area contributed by atoms with Crippen molar-refractivity contribution in [3.63, 3.8) is 0 Å². The fraction of sp³-hybridized carbons (Fsp3) is 0.125. The average molecular weight is 485 g/mol. The van der Waals surface area contributed by atoms with Crippen LogP contribution in [-0.2, 0) is 4.79 Å². The number of hydrogen-bond acceptors (Lipinski definition) is 6. The topological polar surface area (TPSA) is 120 Å². The molecule has 0 fully saturated rings. The van der Waals surface area contributed by atoms with E-state index < -0.39 is 18.0 Å². The summed E-state index contributed by atoms with van der Waals surface area (Å²) < 4.78 is 0. The van der Waals surface area contributed by atoms with Crippen LogP contribution in [0.25, 0.3) is 12.2 Å². The molecule has 9 heteroatoms. The molecule has 1 heterocycles.